The van der Waals surface area contributed by atoms with Gasteiger partial charge in [-0.15, -0.1) is 0 Å². The Morgan fingerprint density at radius 3 is 2.57 bits per heavy atom. The lowest BCUT2D eigenvalue weighted by molar-refractivity contribution is -0.131. The summed E-state index contributed by atoms with van der Waals surface area (Å²) >= 11 is 0. The Morgan fingerprint density at radius 1 is 1.35 bits per heavy atom. The molecule has 1 spiro atoms. The summed E-state index contributed by atoms with van der Waals surface area (Å²) in [6.45, 7) is 1.25. The molecule has 5 amide bonds. The Balaban J connectivity index is 1.55. The molecule has 0 radical (unpaired) electrons. The first-order valence-corrected chi connectivity index (χ1v) is 7.51. The van der Waals surface area contributed by atoms with Gasteiger partial charge in [-0.25, -0.2) is 14.6 Å². The molecule has 3 heterocycles. The van der Waals surface area contributed by atoms with Crippen molar-refractivity contribution >= 4 is 18.0 Å². The molecule has 9 nitrogen and oxygen atoms in total. The summed E-state index contributed by atoms with van der Waals surface area (Å²) in [5, 5.41) is 5.60. The van der Waals surface area contributed by atoms with Crippen LogP contribution in [0, 0.1) is 0 Å². The second-order valence-electron chi connectivity index (χ2n) is 6.02. The van der Waals surface area contributed by atoms with Gasteiger partial charge in [0.15, 0.2) is 0 Å². The van der Waals surface area contributed by atoms with E-state index in [2.05, 4.69) is 15.6 Å². The SMILES string of the molecule is CN1C(=O)NC2(CCN(C(=O)NCc3cncn3C)CC2)C1=O. The molecule has 0 aliphatic carbocycles. The first-order valence-electron chi connectivity index (χ1n) is 7.51. The van der Waals surface area contributed by atoms with Crippen molar-refractivity contribution in [1.29, 1.82) is 0 Å². The lowest BCUT2D eigenvalue weighted by Crippen LogP contribution is -2.57. The van der Waals surface area contributed by atoms with Crippen LogP contribution in [-0.2, 0) is 18.4 Å². The number of likely N-dealkylation sites (tertiary alicyclic amines) is 1. The van der Waals surface area contributed by atoms with Gasteiger partial charge in [0.25, 0.3) is 5.91 Å². The fourth-order valence-electron chi connectivity index (χ4n) is 3.02. The molecule has 2 aliphatic heterocycles. The molecule has 1 aromatic heterocycles. The number of likely N-dealkylation sites (N-methyl/N-ethyl adjacent to an activating group) is 1. The molecule has 0 saturated carbocycles. The minimum Gasteiger partial charge on any atom is -0.336 e. The number of aryl methyl sites for hydroxylation is 1. The van der Waals surface area contributed by atoms with Crippen LogP contribution in [-0.4, -0.2) is 63.0 Å². The smallest absolute Gasteiger partial charge is 0.324 e. The van der Waals surface area contributed by atoms with Crippen LogP contribution >= 0.6 is 0 Å². The van der Waals surface area contributed by atoms with Gasteiger partial charge >= 0.3 is 12.1 Å². The maximum atomic E-state index is 12.2. The van der Waals surface area contributed by atoms with E-state index >= 15 is 0 Å². The van der Waals surface area contributed by atoms with Gasteiger partial charge in [0.1, 0.15) is 5.54 Å². The van der Waals surface area contributed by atoms with Gasteiger partial charge in [0, 0.05) is 33.4 Å². The lowest BCUT2D eigenvalue weighted by Gasteiger charge is -2.37. The molecular weight excluding hydrogens is 300 g/mol. The van der Waals surface area contributed by atoms with E-state index in [1.807, 2.05) is 11.6 Å². The van der Waals surface area contributed by atoms with Crippen molar-refractivity contribution in [3.63, 3.8) is 0 Å². The number of urea groups is 2. The molecule has 1 aromatic rings. The molecule has 0 aromatic carbocycles. The molecule has 9 heteroatoms. The van der Waals surface area contributed by atoms with Crippen LogP contribution in [0.15, 0.2) is 12.5 Å². The Bertz CT molecular complexity index is 647. The molecule has 2 saturated heterocycles. The summed E-state index contributed by atoms with van der Waals surface area (Å²) in [6.07, 6.45) is 4.24. The average Bonchev–Trinajstić information content (AvgIpc) is 3.04. The lowest BCUT2D eigenvalue weighted by atomic mass is 9.87. The molecular formula is C14H20N6O3. The van der Waals surface area contributed by atoms with Crippen LogP contribution < -0.4 is 10.6 Å². The number of imide groups is 1. The minimum absolute atomic E-state index is 0.175. The minimum atomic E-state index is -0.843. The first-order chi connectivity index (χ1) is 10.9. The third kappa shape index (κ3) is 2.62. The number of imidazole rings is 1. The number of amides is 5. The van der Waals surface area contributed by atoms with Gasteiger partial charge in [0.2, 0.25) is 0 Å². The predicted octanol–water partition coefficient (Wildman–Crippen LogP) is -0.354. The maximum absolute atomic E-state index is 12.2. The zero-order valence-electron chi connectivity index (χ0n) is 13.2. The summed E-state index contributed by atoms with van der Waals surface area (Å²) in [5.74, 6) is -0.211. The van der Waals surface area contributed by atoms with E-state index in [0.29, 0.717) is 32.5 Å². The number of carbonyl (C=O) groups is 3. The number of aromatic nitrogens is 2. The van der Waals surface area contributed by atoms with Gasteiger partial charge in [-0.1, -0.05) is 0 Å². The molecule has 0 atom stereocenters. The highest BCUT2D eigenvalue weighted by atomic mass is 16.2. The van der Waals surface area contributed by atoms with Crippen LogP contribution in [0.1, 0.15) is 18.5 Å². The number of rotatable bonds is 2. The quantitative estimate of drug-likeness (QED) is 0.727. The number of hydrogen-bond donors (Lipinski definition) is 2. The van der Waals surface area contributed by atoms with Gasteiger partial charge in [-0.05, 0) is 12.8 Å². The van der Waals surface area contributed by atoms with E-state index in [9.17, 15) is 14.4 Å². The monoisotopic (exact) mass is 320 g/mol. The third-order valence-corrected chi connectivity index (χ3v) is 4.61. The van der Waals surface area contributed by atoms with Crippen molar-refractivity contribution in [1.82, 2.24) is 30.0 Å². The topological polar surface area (TPSA) is 99.6 Å². The Morgan fingerprint density at radius 2 is 2.04 bits per heavy atom. The van der Waals surface area contributed by atoms with Crippen LogP contribution in [0.2, 0.25) is 0 Å². The number of carbonyl (C=O) groups excluding carboxylic acids is 3. The third-order valence-electron chi connectivity index (χ3n) is 4.61. The van der Waals surface area contributed by atoms with Crippen molar-refractivity contribution in [2.45, 2.75) is 24.9 Å². The molecule has 0 bridgehead atoms. The van der Waals surface area contributed by atoms with E-state index in [-0.39, 0.29) is 18.0 Å². The van der Waals surface area contributed by atoms with Crippen molar-refractivity contribution in [2.75, 3.05) is 20.1 Å². The zero-order chi connectivity index (χ0) is 16.6. The van der Waals surface area contributed by atoms with Gasteiger partial charge in [0.05, 0.1) is 18.6 Å². The largest absolute Gasteiger partial charge is 0.336 e. The highest BCUT2D eigenvalue weighted by Gasteiger charge is 2.51. The second-order valence-corrected chi connectivity index (χ2v) is 6.02. The molecule has 124 valence electrons. The van der Waals surface area contributed by atoms with Gasteiger partial charge in [-0.2, -0.15) is 0 Å². The summed E-state index contributed by atoms with van der Waals surface area (Å²) in [6, 6.07) is -0.546. The summed E-state index contributed by atoms with van der Waals surface area (Å²) in [5.41, 5.74) is 0.0664. The van der Waals surface area contributed by atoms with E-state index in [1.165, 1.54) is 7.05 Å². The molecule has 2 fully saturated rings. The van der Waals surface area contributed by atoms with E-state index in [0.717, 1.165) is 10.6 Å². The van der Waals surface area contributed by atoms with Crippen LogP contribution in [0.3, 0.4) is 0 Å². The normalized spacial score (nSPS) is 20.1. The van der Waals surface area contributed by atoms with E-state index in [4.69, 9.17) is 0 Å². The average molecular weight is 320 g/mol. The summed E-state index contributed by atoms with van der Waals surface area (Å²) in [7, 11) is 3.34. The van der Waals surface area contributed by atoms with E-state index in [1.54, 1.807) is 17.4 Å². The van der Waals surface area contributed by atoms with Crippen molar-refractivity contribution < 1.29 is 14.4 Å². The number of piperidine rings is 1. The molecule has 23 heavy (non-hydrogen) atoms. The number of hydrogen-bond acceptors (Lipinski definition) is 4. The second kappa shape index (κ2) is 5.56. The highest BCUT2D eigenvalue weighted by molar-refractivity contribution is 6.06. The molecule has 2 N–H and O–H groups in total. The Labute approximate surface area is 133 Å². The zero-order valence-corrected chi connectivity index (χ0v) is 13.2. The highest BCUT2D eigenvalue weighted by Crippen LogP contribution is 2.28. The van der Waals surface area contributed by atoms with Crippen LogP contribution in [0.25, 0.3) is 0 Å². The fraction of sp³-hybridized carbons (Fsp3) is 0.571. The van der Waals surface area contributed by atoms with Crippen LogP contribution in [0.5, 0.6) is 0 Å². The van der Waals surface area contributed by atoms with Crippen molar-refractivity contribution in [3.8, 4) is 0 Å². The van der Waals surface area contributed by atoms with Crippen molar-refractivity contribution in [2.24, 2.45) is 7.05 Å². The Kier molecular flexibility index (Phi) is 3.70. The standard InChI is InChI=1S/C14H20N6O3/c1-18-9-15-7-10(18)8-16-12(22)20-5-3-14(4-6-20)11(21)19(2)13(23)17-14/h7,9H,3-6,8H2,1-2H3,(H,16,22)(H,17,23). The van der Waals surface area contributed by atoms with Gasteiger partial charge in [-0.3, -0.25) is 9.69 Å². The summed E-state index contributed by atoms with van der Waals surface area (Å²) < 4.78 is 1.84. The molecule has 3 rings (SSSR count). The van der Waals surface area contributed by atoms with E-state index < -0.39 is 5.54 Å². The molecule has 2 aliphatic rings. The van der Waals surface area contributed by atoms with Crippen molar-refractivity contribution in [3.05, 3.63) is 18.2 Å². The Hall–Kier alpha value is -2.58. The predicted molar refractivity (Wildman–Crippen MR) is 80.3 cm³/mol. The number of nitrogens with zero attached hydrogens (tertiary/aromatic N) is 4. The fourth-order valence-corrected chi connectivity index (χ4v) is 3.02. The maximum Gasteiger partial charge on any atom is 0.324 e. The first kappa shape index (κ1) is 15.3. The van der Waals surface area contributed by atoms with Gasteiger partial charge < -0.3 is 20.1 Å². The number of nitrogens with one attached hydrogen (secondary N) is 2. The van der Waals surface area contributed by atoms with Crippen LogP contribution in [0.4, 0.5) is 9.59 Å². The summed E-state index contributed by atoms with van der Waals surface area (Å²) in [4.78, 5) is 42.8. The molecule has 0 unspecified atom stereocenters.